The number of hydrogen-bond acceptors (Lipinski definition) is 3. The Morgan fingerprint density at radius 2 is 1.65 bits per heavy atom. The molecule has 0 spiro atoms. The van der Waals surface area contributed by atoms with Gasteiger partial charge < -0.3 is 0 Å². The number of benzene rings is 1. The van der Waals surface area contributed by atoms with Crippen LogP contribution in [0.15, 0.2) is 29.2 Å². The van der Waals surface area contributed by atoms with E-state index in [4.69, 9.17) is 0 Å². The van der Waals surface area contributed by atoms with Gasteiger partial charge in [0.2, 0.25) is 0 Å². The fourth-order valence-electron chi connectivity index (χ4n) is 0.914. The first-order valence-electron chi connectivity index (χ1n) is 5.06. The lowest BCUT2D eigenvalue weighted by Gasteiger charge is -2.03. The molecular formula is C11H16F2O3S. The number of aryl methyl sites for hydroxylation is 1. The summed E-state index contributed by atoms with van der Waals surface area (Å²) in [4.78, 5) is 0.0524. The molecule has 1 aromatic rings. The Labute approximate surface area is 101 Å². The lowest BCUT2D eigenvalue weighted by Crippen LogP contribution is -2.08. The summed E-state index contributed by atoms with van der Waals surface area (Å²) in [7, 11) is -3.78. The molecule has 98 valence electrons. The van der Waals surface area contributed by atoms with E-state index in [0.29, 0.717) is 0 Å². The van der Waals surface area contributed by atoms with Gasteiger partial charge in [-0.1, -0.05) is 17.7 Å². The van der Waals surface area contributed by atoms with Crippen LogP contribution in [0, 0.1) is 6.92 Å². The zero-order valence-electron chi connectivity index (χ0n) is 9.82. The van der Waals surface area contributed by atoms with E-state index < -0.39 is 23.4 Å². The molecular weight excluding hydrogens is 250 g/mol. The Morgan fingerprint density at radius 1 is 1.18 bits per heavy atom. The molecule has 0 aliphatic heterocycles. The Balaban J connectivity index is 0.000000770. The minimum Gasteiger partial charge on any atom is -0.264 e. The molecule has 0 heterocycles. The first kappa shape index (κ1) is 16.0. The van der Waals surface area contributed by atoms with E-state index in [1.54, 1.807) is 12.1 Å². The average Bonchev–Trinajstić information content (AvgIpc) is 2.28. The fourth-order valence-corrected chi connectivity index (χ4v) is 1.80. The summed E-state index contributed by atoms with van der Waals surface area (Å²) < 4.78 is 49.0. The Morgan fingerprint density at radius 3 is 2.06 bits per heavy atom. The molecule has 0 N–H and O–H groups in total. The van der Waals surface area contributed by atoms with Gasteiger partial charge in [0, 0.05) is 0 Å². The van der Waals surface area contributed by atoms with Crippen LogP contribution in [0.4, 0.5) is 8.78 Å². The lowest BCUT2D eigenvalue weighted by atomic mass is 10.2. The molecule has 0 amide bonds. The summed E-state index contributed by atoms with van der Waals surface area (Å²) >= 11 is 0. The second kappa shape index (κ2) is 8.14. The highest BCUT2D eigenvalue weighted by Gasteiger charge is 2.13. The van der Waals surface area contributed by atoms with E-state index in [-0.39, 0.29) is 11.6 Å². The van der Waals surface area contributed by atoms with Gasteiger partial charge in [0.05, 0.1) is 18.2 Å². The highest BCUT2D eigenvalue weighted by molar-refractivity contribution is 7.86. The Hall–Kier alpha value is -1.01. The zero-order valence-corrected chi connectivity index (χ0v) is 10.6. The van der Waals surface area contributed by atoms with Crippen molar-refractivity contribution in [1.29, 1.82) is 0 Å². The molecule has 0 fully saturated rings. The number of alkyl halides is 2. The van der Waals surface area contributed by atoms with E-state index in [9.17, 15) is 17.2 Å². The quantitative estimate of drug-likeness (QED) is 0.787. The Kier molecular flexibility index (Phi) is 7.65. The van der Waals surface area contributed by atoms with Crippen molar-refractivity contribution in [3.05, 3.63) is 29.8 Å². The van der Waals surface area contributed by atoms with Gasteiger partial charge in [-0.05, 0) is 26.0 Å². The molecule has 1 rings (SSSR count). The van der Waals surface area contributed by atoms with Crippen molar-refractivity contribution in [1.82, 2.24) is 0 Å². The molecule has 0 bridgehead atoms. The topological polar surface area (TPSA) is 43.4 Å². The molecule has 0 atom stereocenters. The summed E-state index contributed by atoms with van der Waals surface area (Å²) in [5.41, 5.74) is 0.953. The van der Waals surface area contributed by atoms with Gasteiger partial charge in [0.25, 0.3) is 10.1 Å². The van der Waals surface area contributed by atoms with Crippen molar-refractivity contribution in [2.24, 2.45) is 0 Å². The summed E-state index contributed by atoms with van der Waals surface area (Å²) in [6, 6.07) is 6.18. The second-order valence-corrected chi connectivity index (χ2v) is 4.66. The molecule has 17 heavy (non-hydrogen) atoms. The van der Waals surface area contributed by atoms with Crippen molar-refractivity contribution < 1.29 is 21.4 Å². The number of rotatable bonds is 4. The maximum atomic E-state index is 11.7. The summed E-state index contributed by atoms with van der Waals surface area (Å²) in [5.74, 6) is 0. The fraction of sp³-hybridized carbons (Fsp3) is 0.455. The zero-order chi connectivity index (χ0) is 13.3. The van der Waals surface area contributed by atoms with Crippen LogP contribution >= 0.6 is 0 Å². The third kappa shape index (κ3) is 6.33. The summed E-state index contributed by atoms with van der Waals surface area (Å²) in [5, 5.41) is 0. The lowest BCUT2D eigenvalue weighted by molar-refractivity contribution is 0.277. The van der Waals surface area contributed by atoms with Crippen LogP contribution < -0.4 is 0 Å². The molecule has 0 radical (unpaired) electrons. The second-order valence-electron chi connectivity index (χ2n) is 3.05. The van der Waals surface area contributed by atoms with E-state index in [0.717, 1.165) is 5.56 Å². The van der Waals surface area contributed by atoms with Crippen molar-refractivity contribution in [2.75, 3.05) is 20.0 Å². The van der Waals surface area contributed by atoms with Gasteiger partial charge in [-0.25, -0.2) is 4.39 Å². The minimum atomic E-state index is -3.78. The minimum absolute atomic E-state index is 0.0524. The maximum absolute atomic E-state index is 11.7. The van der Waals surface area contributed by atoms with E-state index in [1.165, 1.54) is 19.1 Å². The molecule has 1 aromatic carbocycles. The normalized spacial score (nSPS) is 10.6. The van der Waals surface area contributed by atoms with Crippen molar-refractivity contribution in [2.45, 2.75) is 18.7 Å². The van der Waals surface area contributed by atoms with E-state index in [1.807, 2.05) is 6.92 Å². The predicted octanol–water partition coefficient (Wildman–Crippen LogP) is 2.65. The van der Waals surface area contributed by atoms with Gasteiger partial charge in [0.15, 0.2) is 0 Å². The van der Waals surface area contributed by atoms with Crippen LogP contribution in [0.5, 0.6) is 0 Å². The van der Waals surface area contributed by atoms with Crippen LogP contribution in [0.1, 0.15) is 12.5 Å². The SMILES string of the molecule is CCF.Cc1ccc(S(=O)(=O)OCCF)cc1. The molecule has 0 aromatic heterocycles. The molecule has 0 aliphatic rings. The van der Waals surface area contributed by atoms with Crippen LogP contribution in [0.2, 0.25) is 0 Å². The van der Waals surface area contributed by atoms with Crippen molar-refractivity contribution in [3.8, 4) is 0 Å². The van der Waals surface area contributed by atoms with Crippen LogP contribution in [-0.2, 0) is 14.3 Å². The standard InChI is InChI=1S/C9H11FO3S.C2H5F/c1-8-2-4-9(5-3-8)14(11,12)13-7-6-10;1-2-3/h2-5H,6-7H2,1H3;2H2,1H3. The van der Waals surface area contributed by atoms with Gasteiger partial charge in [-0.15, -0.1) is 0 Å². The van der Waals surface area contributed by atoms with Crippen LogP contribution in [-0.4, -0.2) is 28.4 Å². The predicted molar refractivity (Wildman–Crippen MR) is 61.9 cm³/mol. The largest absolute Gasteiger partial charge is 0.297 e. The van der Waals surface area contributed by atoms with Crippen molar-refractivity contribution >= 4 is 10.1 Å². The van der Waals surface area contributed by atoms with E-state index in [2.05, 4.69) is 4.18 Å². The summed E-state index contributed by atoms with van der Waals surface area (Å²) in [6.07, 6.45) is 0. The van der Waals surface area contributed by atoms with Gasteiger partial charge in [0.1, 0.15) is 6.67 Å². The Bertz CT molecular complexity index is 401. The third-order valence-corrected chi connectivity index (χ3v) is 2.95. The smallest absolute Gasteiger partial charge is 0.264 e. The van der Waals surface area contributed by atoms with Gasteiger partial charge >= 0.3 is 0 Å². The van der Waals surface area contributed by atoms with Gasteiger partial charge in [-0.3, -0.25) is 8.57 Å². The maximum Gasteiger partial charge on any atom is 0.297 e. The van der Waals surface area contributed by atoms with E-state index >= 15 is 0 Å². The third-order valence-electron chi connectivity index (χ3n) is 1.63. The first-order chi connectivity index (χ1) is 7.97. The van der Waals surface area contributed by atoms with Crippen LogP contribution in [0.3, 0.4) is 0 Å². The highest BCUT2D eigenvalue weighted by atomic mass is 32.2. The summed E-state index contributed by atoms with van der Waals surface area (Å²) in [6.45, 7) is 1.81. The molecule has 3 nitrogen and oxygen atoms in total. The van der Waals surface area contributed by atoms with Gasteiger partial charge in [-0.2, -0.15) is 8.42 Å². The molecule has 6 heteroatoms. The number of halogens is 2. The average molecular weight is 266 g/mol. The van der Waals surface area contributed by atoms with Crippen LogP contribution in [0.25, 0.3) is 0 Å². The monoisotopic (exact) mass is 266 g/mol. The molecule has 0 aliphatic carbocycles. The number of hydrogen-bond donors (Lipinski definition) is 0. The molecule has 0 saturated carbocycles. The highest BCUT2D eigenvalue weighted by Crippen LogP contribution is 2.12. The molecule has 0 unspecified atom stereocenters. The van der Waals surface area contributed by atoms with Crippen molar-refractivity contribution in [3.63, 3.8) is 0 Å². The first-order valence-corrected chi connectivity index (χ1v) is 6.46. The molecule has 0 saturated heterocycles.